The van der Waals surface area contributed by atoms with Crippen LogP contribution in [0.4, 0.5) is 5.69 Å². The molecule has 5 heteroatoms. The summed E-state index contributed by atoms with van der Waals surface area (Å²) < 4.78 is 5.09. The lowest BCUT2D eigenvalue weighted by Gasteiger charge is -2.20. The fourth-order valence-electron chi connectivity index (χ4n) is 2.43. The normalized spacial score (nSPS) is 12.9. The quantitative estimate of drug-likeness (QED) is 0.699. The molecular formula is C15H10ClNO3. The summed E-state index contributed by atoms with van der Waals surface area (Å²) >= 11 is 6.04. The van der Waals surface area contributed by atoms with Crippen LogP contribution >= 0.6 is 11.6 Å². The lowest BCUT2D eigenvalue weighted by atomic mass is 9.83. The van der Waals surface area contributed by atoms with E-state index in [1.54, 1.807) is 24.3 Å². The average Bonchev–Trinajstić information content (AvgIpc) is 2.44. The molecular weight excluding hydrogens is 278 g/mol. The van der Waals surface area contributed by atoms with Crippen LogP contribution in [0, 0.1) is 0 Å². The van der Waals surface area contributed by atoms with Crippen molar-refractivity contribution in [1.29, 1.82) is 0 Å². The topological polar surface area (TPSA) is 69.4 Å². The van der Waals surface area contributed by atoms with Crippen molar-refractivity contribution in [3.63, 3.8) is 0 Å². The first-order valence-corrected chi connectivity index (χ1v) is 6.28. The van der Waals surface area contributed by atoms with Gasteiger partial charge in [0.05, 0.1) is 28.9 Å². The number of methoxy groups -OCH3 is 1. The second kappa shape index (κ2) is 4.35. The third-order valence-corrected chi connectivity index (χ3v) is 3.70. The van der Waals surface area contributed by atoms with Crippen molar-refractivity contribution in [3.8, 4) is 5.75 Å². The Balaban J connectivity index is 2.35. The number of hydrogen-bond acceptors (Lipinski definition) is 4. The number of benzene rings is 2. The van der Waals surface area contributed by atoms with Crippen molar-refractivity contribution >= 4 is 28.9 Å². The van der Waals surface area contributed by atoms with Gasteiger partial charge in [-0.2, -0.15) is 0 Å². The molecule has 1 aliphatic carbocycles. The van der Waals surface area contributed by atoms with Gasteiger partial charge < -0.3 is 10.5 Å². The molecule has 0 radical (unpaired) electrons. The van der Waals surface area contributed by atoms with Gasteiger partial charge >= 0.3 is 0 Å². The molecule has 0 amide bonds. The van der Waals surface area contributed by atoms with Crippen LogP contribution in [0.15, 0.2) is 30.3 Å². The molecule has 3 rings (SSSR count). The summed E-state index contributed by atoms with van der Waals surface area (Å²) in [5, 5.41) is 0.265. The van der Waals surface area contributed by atoms with E-state index in [0.29, 0.717) is 5.75 Å². The number of rotatable bonds is 1. The number of nitrogens with two attached hydrogens (primary N) is 1. The van der Waals surface area contributed by atoms with Gasteiger partial charge in [-0.1, -0.05) is 23.7 Å². The summed E-state index contributed by atoms with van der Waals surface area (Å²) in [6, 6.07) is 7.90. The zero-order valence-corrected chi connectivity index (χ0v) is 11.3. The summed E-state index contributed by atoms with van der Waals surface area (Å²) in [6.07, 6.45) is 0. The van der Waals surface area contributed by atoms with E-state index in [1.165, 1.54) is 13.2 Å². The van der Waals surface area contributed by atoms with Gasteiger partial charge in [-0.3, -0.25) is 9.59 Å². The Labute approximate surface area is 120 Å². The maximum atomic E-state index is 12.5. The highest BCUT2D eigenvalue weighted by Gasteiger charge is 2.33. The fourth-order valence-corrected chi connectivity index (χ4v) is 2.69. The molecule has 0 aromatic heterocycles. The molecule has 0 fully saturated rings. The summed E-state index contributed by atoms with van der Waals surface area (Å²) in [4.78, 5) is 25.0. The highest BCUT2D eigenvalue weighted by Crippen LogP contribution is 2.37. The first kappa shape index (κ1) is 12.7. The second-order valence-corrected chi connectivity index (χ2v) is 4.83. The number of halogens is 1. The van der Waals surface area contributed by atoms with Gasteiger partial charge in [0.2, 0.25) is 0 Å². The molecule has 0 saturated carbocycles. The Morgan fingerprint density at radius 3 is 2.35 bits per heavy atom. The molecule has 0 bridgehead atoms. The smallest absolute Gasteiger partial charge is 0.196 e. The number of nitrogen functional groups attached to an aromatic ring is 1. The average molecular weight is 288 g/mol. The molecule has 4 nitrogen and oxygen atoms in total. The number of anilines is 1. The molecule has 1 aliphatic rings. The van der Waals surface area contributed by atoms with Crippen LogP contribution in [0.25, 0.3) is 0 Å². The number of ether oxygens (including phenoxy) is 1. The van der Waals surface area contributed by atoms with Crippen LogP contribution in [-0.4, -0.2) is 18.7 Å². The minimum Gasteiger partial charge on any atom is -0.495 e. The third-order valence-electron chi connectivity index (χ3n) is 3.38. The first-order valence-electron chi connectivity index (χ1n) is 5.90. The standard InChI is InChI=1S/C15H10ClNO3/c1-20-10-6-5-8-12(13(10)17)15(19)7-3-2-4-9(16)11(7)14(8)18/h2-6H,17H2,1H3. The van der Waals surface area contributed by atoms with Crippen LogP contribution in [0.3, 0.4) is 0 Å². The third kappa shape index (κ3) is 1.55. The molecule has 0 saturated heterocycles. The minimum atomic E-state index is -0.312. The molecule has 0 heterocycles. The van der Waals surface area contributed by atoms with Crippen molar-refractivity contribution in [3.05, 3.63) is 57.6 Å². The number of carbonyl (C=O) groups excluding carboxylic acids is 2. The van der Waals surface area contributed by atoms with Gasteiger partial charge in [0.1, 0.15) is 5.75 Å². The Hall–Kier alpha value is -2.33. The van der Waals surface area contributed by atoms with Gasteiger partial charge in [0.15, 0.2) is 11.6 Å². The van der Waals surface area contributed by atoms with Gasteiger partial charge in [0.25, 0.3) is 0 Å². The van der Waals surface area contributed by atoms with Crippen LogP contribution < -0.4 is 10.5 Å². The number of fused-ring (bicyclic) bond motifs is 2. The maximum Gasteiger partial charge on any atom is 0.196 e. The molecule has 100 valence electrons. The van der Waals surface area contributed by atoms with Gasteiger partial charge in [-0.15, -0.1) is 0 Å². The maximum absolute atomic E-state index is 12.5. The molecule has 0 atom stereocenters. The van der Waals surface area contributed by atoms with Crippen molar-refractivity contribution in [2.75, 3.05) is 12.8 Å². The molecule has 2 N–H and O–H groups in total. The van der Waals surface area contributed by atoms with Crippen LogP contribution in [-0.2, 0) is 0 Å². The van der Waals surface area contributed by atoms with Gasteiger partial charge in [-0.05, 0) is 18.2 Å². The van der Waals surface area contributed by atoms with Crippen molar-refractivity contribution < 1.29 is 14.3 Å². The van der Waals surface area contributed by atoms with Crippen molar-refractivity contribution in [2.24, 2.45) is 0 Å². The molecule has 0 aliphatic heterocycles. The predicted molar refractivity (Wildman–Crippen MR) is 75.7 cm³/mol. The van der Waals surface area contributed by atoms with Crippen LogP contribution in [0.5, 0.6) is 5.75 Å². The van der Waals surface area contributed by atoms with E-state index in [0.717, 1.165) is 0 Å². The summed E-state index contributed by atoms with van der Waals surface area (Å²) in [5.41, 5.74) is 7.05. The molecule has 2 aromatic rings. The highest BCUT2D eigenvalue weighted by molar-refractivity contribution is 6.39. The SMILES string of the molecule is COc1ccc2c(c1N)C(=O)c1cccc(Cl)c1C2=O. The fraction of sp³-hybridized carbons (Fsp3) is 0.0667. The highest BCUT2D eigenvalue weighted by atomic mass is 35.5. The summed E-state index contributed by atoms with van der Waals surface area (Å²) in [6.45, 7) is 0. The lowest BCUT2D eigenvalue weighted by molar-refractivity contribution is 0.0979. The van der Waals surface area contributed by atoms with Crippen molar-refractivity contribution in [2.45, 2.75) is 0 Å². The van der Waals surface area contributed by atoms with Crippen molar-refractivity contribution in [1.82, 2.24) is 0 Å². The Bertz CT molecular complexity index is 768. The van der Waals surface area contributed by atoms with E-state index in [9.17, 15) is 9.59 Å². The lowest BCUT2D eigenvalue weighted by Crippen LogP contribution is -2.23. The Morgan fingerprint density at radius 2 is 1.65 bits per heavy atom. The van der Waals surface area contributed by atoms with Crippen LogP contribution in [0.1, 0.15) is 31.8 Å². The van der Waals surface area contributed by atoms with E-state index in [2.05, 4.69) is 0 Å². The first-order chi connectivity index (χ1) is 9.56. The summed E-state index contributed by atoms with van der Waals surface area (Å²) in [5.74, 6) is -0.238. The van der Waals surface area contributed by atoms with E-state index >= 15 is 0 Å². The Morgan fingerprint density at radius 1 is 1.00 bits per heavy atom. The minimum absolute atomic E-state index is 0.175. The van der Waals surface area contributed by atoms with E-state index in [4.69, 9.17) is 22.1 Å². The van der Waals surface area contributed by atoms with E-state index in [1.807, 2.05) is 0 Å². The largest absolute Gasteiger partial charge is 0.495 e. The molecule has 20 heavy (non-hydrogen) atoms. The monoisotopic (exact) mass is 287 g/mol. The number of carbonyl (C=O) groups is 2. The van der Waals surface area contributed by atoms with Gasteiger partial charge in [0, 0.05) is 11.1 Å². The predicted octanol–water partition coefficient (Wildman–Crippen LogP) is 2.71. The molecule has 0 unspecified atom stereocenters. The zero-order chi connectivity index (χ0) is 14.4. The second-order valence-electron chi connectivity index (χ2n) is 4.42. The zero-order valence-electron chi connectivity index (χ0n) is 10.6. The molecule has 2 aromatic carbocycles. The Kier molecular flexibility index (Phi) is 2.76. The van der Waals surface area contributed by atoms with E-state index < -0.39 is 0 Å². The molecule has 0 spiro atoms. The summed E-state index contributed by atoms with van der Waals surface area (Å²) in [7, 11) is 1.46. The van der Waals surface area contributed by atoms with Crippen LogP contribution in [0.2, 0.25) is 5.02 Å². The number of ketones is 2. The van der Waals surface area contributed by atoms with E-state index in [-0.39, 0.29) is 44.5 Å². The van der Waals surface area contributed by atoms with Gasteiger partial charge in [-0.25, -0.2) is 0 Å². The number of hydrogen-bond donors (Lipinski definition) is 1.